The molecule has 0 saturated carbocycles. The molecule has 1 aromatic heterocycles. The Bertz CT molecular complexity index is 3170. The molecule has 39 heavy (non-hydrogen) atoms. The second-order valence-electron chi connectivity index (χ2n) is 8.55. The van der Waals surface area contributed by atoms with Gasteiger partial charge in [0.1, 0.15) is 11.2 Å². The Morgan fingerprint density at radius 3 is 1.77 bits per heavy atom. The molecule has 1 nitrogen and oxygen atoms in total. The first-order valence-corrected chi connectivity index (χ1v) is 11.7. The molecule has 0 atom stereocenters. The van der Waals surface area contributed by atoms with Gasteiger partial charge in [-0.2, -0.15) is 0 Å². The summed E-state index contributed by atoms with van der Waals surface area (Å²) in [6, 6.07) is -10.1. The molecule has 0 spiro atoms. The second-order valence-corrected chi connectivity index (χ2v) is 8.55. The molecule has 0 aliphatic heterocycles. The van der Waals surface area contributed by atoms with E-state index in [1.165, 1.54) is 0 Å². The summed E-state index contributed by atoms with van der Waals surface area (Å²) in [5.74, 6) is 0. The molecule has 7 aromatic carbocycles. The maximum Gasteiger partial charge on any atom is 0.136 e. The van der Waals surface area contributed by atoms with Crippen molar-refractivity contribution in [2.45, 2.75) is 0 Å². The van der Waals surface area contributed by atoms with Gasteiger partial charge in [-0.25, -0.2) is 0 Å². The topological polar surface area (TPSA) is 13.1 Å². The van der Waals surface area contributed by atoms with Crippen molar-refractivity contribution in [1.29, 1.82) is 0 Å². The summed E-state index contributed by atoms with van der Waals surface area (Å²) >= 11 is 0. The fraction of sp³-hybridized carbons (Fsp3) is 0. The van der Waals surface area contributed by atoms with E-state index in [2.05, 4.69) is 0 Å². The molecule has 0 fully saturated rings. The maximum absolute atomic E-state index is 9.53. The van der Waals surface area contributed by atoms with Gasteiger partial charge in [0, 0.05) is 10.8 Å². The van der Waals surface area contributed by atoms with Crippen LogP contribution in [0, 0.1) is 0 Å². The number of fused-ring (bicyclic) bond motifs is 5. The molecular formula is C38H24O. The van der Waals surface area contributed by atoms with E-state index in [0.29, 0.717) is 5.39 Å². The molecule has 8 aromatic rings. The third-order valence-electron chi connectivity index (χ3n) is 6.46. The number of furan rings is 1. The highest BCUT2D eigenvalue weighted by Gasteiger charge is 2.20. The lowest BCUT2D eigenvalue weighted by Crippen LogP contribution is -1.91. The SMILES string of the molecule is [2H]c1c([2H])c([2H])c(-c2c([2H])c([2H])c([2H])c(-c3c4c([2H])c([2H])c([2H])c([2H])c4c(-c4c([2H])c([2H])c([2H])c5oc6ccccc6c45)c4c([2H])c([2H])c([2H])c([2H])c34)c2[2H])c([2H])c1[2H]. The van der Waals surface area contributed by atoms with Gasteiger partial charge in [0.2, 0.25) is 0 Å². The van der Waals surface area contributed by atoms with Crippen molar-refractivity contribution >= 4 is 43.5 Å². The standard InChI is InChI=1S/C38H24O/c1-2-12-25(13-3-1)26-14-10-15-27(24-26)36-28-16-4-6-18-30(28)37(31-19-7-5-17-29(31)36)33-21-11-23-35-38(33)32-20-8-9-22-34(32)39-35/h1-24H/i1D,2D,3D,4D,5D,6D,7D,10D,11D,12D,13D,14D,15D,16D,17D,18D,19D,21D,23D,24D. The van der Waals surface area contributed by atoms with Gasteiger partial charge in [0.15, 0.2) is 0 Å². The molecule has 0 saturated heterocycles. The molecule has 1 heteroatoms. The van der Waals surface area contributed by atoms with Crippen LogP contribution in [0.5, 0.6) is 0 Å². The van der Waals surface area contributed by atoms with E-state index in [0.717, 1.165) is 0 Å². The second kappa shape index (κ2) is 8.72. The minimum atomic E-state index is -0.949. The van der Waals surface area contributed by atoms with Gasteiger partial charge in [-0.3, -0.25) is 0 Å². The zero-order valence-corrected chi connectivity index (χ0v) is 19.7. The van der Waals surface area contributed by atoms with E-state index >= 15 is 0 Å². The fourth-order valence-electron chi connectivity index (χ4n) is 4.88. The Kier molecular flexibility index (Phi) is 2.21. The molecule has 8 rings (SSSR count). The lowest BCUT2D eigenvalue weighted by Gasteiger charge is -2.18. The van der Waals surface area contributed by atoms with Crippen molar-refractivity contribution < 1.29 is 31.8 Å². The van der Waals surface area contributed by atoms with Crippen molar-refractivity contribution in [3.05, 3.63) is 145 Å². The zero-order chi connectivity index (χ0) is 43.2. The highest BCUT2D eigenvalue weighted by molar-refractivity contribution is 6.25. The Labute approximate surface area is 254 Å². The normalized spacial score (nSPS) is 18.8. The van der Waals surface area contributed by atoms with Gasteiger partial charge in [-0.05, 0) is 73.1 Å². The predicted molar refractivity (Wildman–Crippen MR) is 165 cm³/mol. The van der Waals surface area contributed by atoms with Crippen molar-refractivity contribution in [2.75, 3.05) is 0 Å². The van der Waals surface area contributed by atoms with Crippen LogP contribution in [0.25, 0.3) is 76.9 Å². The maximum atomic E-state index is 9.53. The summed E-state index contributed by atoms with van der Waals surface area (Å²) in [7, 11) is 0. The van der Waals surface area contributed by atoms with Gasteiger partial charge >= 0.3 is 0 Å². The third-order valence-corrected chi connectivity index (χ3v) is 6.46. The monoisotopic (exact) mass is 516 g/mol. The molecule has 0 N–H and O–H groups in total. The van der Waals surface area contributed by atoms with Crippen molar-refractivity contribution in [1.82, 2.24) is 0 Å². The molecule has 0 aliphatic rings. The van der Waals surface area contributed by atoms with E-state index in [9.17, 15) is 9.60 Å². The highest BCUT2D eigenvalue weighted by atomic mass is 16.3. The first-order chi connectivity index (χ1) is 27.7. The number of hydrogen-bond donors (Lipinski definition) is 0. The first-order valence-electron chi connectivity index (χ1n) is 21.7. The van der Waals surface area contributed by atoms with Gasteiger partial charge in [0.25, 0.3) is 0 Å². The van der Waals surface area contributed by atoms with Gasteiger partial charge < -0.3 is 4.42 Å². The summed E-state index contributed by atoms with van der Waals surface area (Å²) < 4.78 is 184. The van der Waals surface area contributed by atoms with Gasteiger partial charge in [-0.1, -0.05) is 127 Å². The Morgan fingerprint density at radius 2 is 1.03 bits per heavy atom. The van der Waals surface area contributed by atoms with Crippen LogP contribution in [0.15, 0.2) is 150 Å². The summed E-state index contributed by atoms with van der Waals surface area (Å²) in [5.41, 5.74) is -3.43. The zero-order valence-electron chi connectivity index (χ0n) is 39.7. The smallest absolute Gasteiger partial charge is 0.136 e. The van der Waals surface area contributed by atoms with Crippen LogP contribution in [0.4, 0.5) is 0 Å². The molecule has 1 heterocycles. The molecule has 0 amide bonds. The van der Waals surface area contributed by atoms with E-state index in [1.807, 2.05) is 0 Å². The summed E-state index contributed by atoms with van der Waals surface area (Å²) in [5, 5.41) is -1.80. The van der Waals surface area contributed by atoms with Crippen LogP contribution >= 0.6 is 0 Å². The average molecular weight is 517 g/mol. The fourth-order valence-corrected chi connectivity index (χ4v) is 4.88. The van der Waals surface area contributed by atoms with E-state index in [4.69, 9.17) is 22.2 Å². The molecule has 0 aliphatic carbocycles. The third kappa shape index (κ3) is 3.41. The van der Waals surface area contributed by atoms with Crippen molar-refractivity contribution in [3.63, 3.8) is 0 Å². The summed E-state index contributed by atoms with van der Waals surface area (Å²) in [6.45, 7) is 0. The minimum Gasteiger partial charge on any atom is -0.456 e. The molecule has 0 radical (unpaired) electrons. The Balaban J connectivity index is 1.76. The lowest BCUT2D eigenvalue weighted by molar-refractivity contribution is 0.669. The highest BCUT2D eigenvalue weighted by Crippen LogP contribution is 2.47. The van der Waals surface area contributed by atoms with Crippen molar-refractivity contribution in [3.8, 4) is 33.4 Å². The largest absolute Gasteiger partial charge is 0.456 e. The Hall–Kier alpha value is -5.14. The van der Waals surface area contributed by atoms with Gasteiger partial charge in [-0.15, -0.1) is 0 Å². The average Bonchev–Trinajstić information content (AvgIpc) is 3.60. The number of hydrogen-bond acceptors (Lipinski definition) is 1. The number of benzene rings is 7. The minimum absolute atomic E-state index is 0.0135. The quantitative estimate of drug-likeness (QED) is 0.213. The number of para-hydroxylation sites is 1. The molecule has 0 bridgehead atoms. The lowest BCUT2D eigenvalue weighted by atomic mass is 9.84. The van der Waals surface area contributed by atoms with Crippen LogP contribution < -0.4 is 0 Å². The van der Waals surface area contributed by atoms with Crippen LogP contribution in [0.3, 0.4) is 0 Å². The Morgan fingerprint density at radius 1 is 0.436 bits per heavy atom. The predicted octanol–water partition coefficient (Wildman–Crippen LogP) is 10.9. The molecular weight excluding hydrogens is 472 g/mol. The summed E-state index contributed by atoms with van der Waals surface area (Å²) in [6.07, 6.45) is 0. The van der Waals surface area contributed by atoms with E-state index in [1.54, 1.807) is 24.3 Å². The van der Waals surface area contributed by atoms with E-state index in [-0.39, 0.29) is 27.7 Å². The van der Waals surface area contributed by atoms with Crippen LogP contribution in [0.2, 0.25) is 0 Å². The van der Waals surface area contributed by atoms with Crippen LogP contribution in [-0.2, 0) is 0 Å². The van der Waals surface area contributed by atoms with Crippen molar-refractivity contribution in [2.24, 2.45) is 0 Å². The first kappa shape index (κ1) is 9.87. The molecule has 0 unspecified atom stereocenters. The van der Waals surface area contributed by atoms with Crippen LogP contribution in [0.1, 0.15) is 27.4 Å². The van der Waals surface area contributed by atoms with Crippen LogP contribution in [-0.4, -0.2) is 0 Å². The van der Waals surface area contributed by atoms with Gasteiger partial charge in [0.05, 0.1) is 27.4 Å². The summed E-state index contributed by atoms with van der Waals surface area (Å²) in [4.78, 5) is 0. The van der Waals surface area contributed by atoms with E-state index < -0.39 is 165 Å². The number of rotatable bonds is 3. The molecule has 182 valence electrons.